The van der Waals surface area contributed by atoms with E-state index in [0.717, 1.165) is 38.0 Å². The minimum atomic E-state index is -0.682. The second kappa shape index (κ2) is 4.70. The van der Waals surface area contributed by atoms with Gasteiger partial charge in [-0.1, -0.05) is 12.8 Å². The lowest BCUT2D eigenvalue weighted by Gasteiger charge is -2.30. The lowest BCUT2D eigenvalue weighted by Crippen LogP contribution is -2.23. The Balaban J connectivity index is 1.87. The summed E-state index contributed by atoms with van der Waals surface area (Å²) in [4.78, 5) is 10.2. The Hall–Kier alpha value is -0.240. The van der Waals surface area contributed by atoms with Crippen LogP contribution in [-0.4, -0.2) is 16.5 Å². The zero-order valence-electron chi connectivity index (χ0n) is 7.13. The summed E-state index contributed by atoms with van der Waals surface area (Å²) in [5.41, 5.74) is 0. The Bertz CT molecular complexity index is 153. The molecule has 0 spiro atoms. The molecule has 0 unspecified atom stereocenters. The van der Waals surface area contributed by atoms with E-state index in [9.17, 15) is 4.79 Å². The number of alkyl halides is 1. The first-order valence-electron chi connectivity index (χ1n) is 4.54. The number of rotatable bonds is 5. The lowest BCUT2D eigenvalue weighted by atomic mass is 9.81. The Morgan fingerprint density at radius 2 is 2.08 bits per heavy atom. The van der Waals surface area contributed by atoms with Crippen LogP contribution in [0.5, 0.6) is 0 Å². The molecule has 0 amide bonds. The van der Waals surface area contributed by atoms with Gasteiger partial charge in [0.2, 0.25) is 0 Å². The van der Waals surface area contributed by atoms with Gasteiger partial charge in [-0.15, -0.1) is 11.6 Å². The molecule has 0 heterocycles. The number of carboxylic acids is 1. The molecule has 0 aromatic carbocycles. The van der Waals surface area contributed by atoms with Crippen molar-refractivity contribution in [2.45, 2.75) is 43.9 Å². The van der Waals surface area contributed by atoms with Gasteiger partial charge in [0.1, 0.15) is 0 Å². The van der Waals surface area contributed by atoms with Gasteiger partial charge in [0.05, 0.1) is 0 Å². The van der Waals surface area contributed by atoms with E-state index in [-0.39, 0.29) is 0 Å². The molecule has 0 atom stereocenters. The van der Waals surface area contributed by atoms with Crippen molar-refractivity contribution in [3.8, 4) is 0 Å². The lowest BCUT2D eigenvalue weighted by molar-refractivity contribution is -0.137. The van der Waals surface area contributed by atoms with Crippen LogP contribution in [0.4, 0.5) is 0 Å². The van der Waals surface area contributed by atoms with Gasteiger partial charge in [0, 0.05) is 11.8 Å². The van der Waals surface area contributed by atoms with Crippen LogP contribution in [-0.2, 0) is 4.79 Å². The second-order valence-corrected chi connectivity index (χ2v) is 4.19. The highest BCUT2D eigenvalue weighted by Crippen LogP contribution is 2.35. The number of halogens is 1. The molecule has 1 aliphatic rings. The van der Waals surface area contributed by atoms with Crippen LogP contribution in [0.1, 0.15) is 38.5 Å². The fourth-order valence-corrected chi connectivity index (χ4v) is 2.10. The van der Waals surface area contributed by atoms with E-state index < -0.39 is 5.97 Å². The second-order valence-electron chi connectivity index (χ2n) is 3.57. The maximum atomic E-state index is 10.2. The van der Waals surface area contributed by atoms with Crippen LogP contribution in [0.15, 0.2) is 0 Å². The van der Waals surface area contributed by atoms with E-state index >= 15 is 0 Å². The maximum absolute atomic E-state index is 10.2. The van der Waals surface area contributed by atoms with E-state index in [2.05, 4.69) is 0 Å². The van der Waals surface area contributed by atoms with Crippen molar-refractivity contribution >= 4 is 17.6 Å². The largest absolute Gasteiger partial charge is 0.481 e. The fourth-order valence-electron chi connectivity index (χ4n) is 1.60. The summed E-state index contributed by atoms with van der Waals surface area (Å²) in [5, 5.41) is 8.77. The molecule has 0 radical (unpaired) electrons. The zero-order valence-corrected chi connectivity index (χ0v) is 7.89. The van der Waals surface area contributed by atoms with Gasteiger partial charge in [0.25, 0.3) is 0 Å². The van der Waals surface area contributed by atoms with E-state index in [1.54, 1.807) is 0 Å². The molecule has 0 aromatic rings. The summed E-state index contributed by atoms with van der Waals surface area (Å²) >= 11 is 5.81. The summed E-state index contributed by atoms with van der Waals surface area (Å²) in [6.07, 6.45) is 5.61. The standard InChI is InChI=1S/C9H15ClO2/c10-8-5-7(6-8)3-1-2-4-9(11)12/h7-8H,1-6H2,(H,11,12). The molecule has 2 nitrogen and oxygen atoms in total. The zero-order chi connectivity index (χ0) is 8.97. The van der Waals surface area contributed by atoms with Crippen molar-refractivity contribution in [3.05, 3.63) is 0 Å². The van der Waals surface area contributed by atoms with Crippen molar-refractivity contribution in [3.63, 3.8) is 0 Å². The molecule has 1 saturated carbocycles. The van der Waals surface area contributed by atoms with Gasteiger partial charge in [0.15, 0.2) is 0 Å². The number of carboxylic acid groups (broad SMARTS) is 1. The third-order valence-corrected chi connectivity index (χ3v) is 2.79. The molecular formula is C9H15ClO2. The van der Waals surface area contributed by atoms with Crippen LogP contribution in [0.2, 0.25) is 0 Å². The first kappa shape index (κ1) is 9.85. The maximum Gasteiger partial charge on any atom is 0.303 e. The minimum Gasteiger partial charge on any atom is -0.481 e. The van der Waals surface area contributed by atoms with Crippen molar-refractivity contribution < 1.29 is 9.90 Å². The molecule has 0 bridgehead atoms. The summed E-state index contributed by atoms with van der Waals surface area (Å²) < 4.78 is 0. The van der Waals surface area contributed by atoms with Crippen LogP contribution in [0.25, 0.3) is 0 Å². The molecule has 1 N–H and O–H groups in total. The molecule has 0 aliphatic heterocycles. The smallest absolute Gasteiger partial charge is 0.303 e. The molecular weight excluding hydrogens is 176 g/mol. The van der Waals surface area contributed by atoms with Gasteiger partial charge in [-0.25, -0.2) is 0 Å². The van der Waals surface area contributed by atoms with Gasteiger partial charge in [-0.3, -0.25) is 4.79 Å². The molecule has 1 fully saturated rings. The predicted octanol–water partition coefficient (Wildman–Crippen LogP) is 2.65. The SMILES string of the molecule is O=C(O)CCCCC1CC(Cl)C1. The summed E-state index contributed by atoms with van der Waals surface area (Å²) in [6.45, 7) is 0. The molecule has 12 heavy (non-hydrogen) atoms. The van der Waals surface area contributed by atoms with E-state index in [1.165, 1.54) is 0 Å². The first-order valence-corrected chi connectivity index (χ1v) is 4.98. The summed E-state index contributed by atoms with van der Waals surface area (Å²) in [6, 6.07) is 0. The number of carbonyl (C=O) groups is 1. The Morgan fingerprint density at radius 1 is 1.42 bits per heavy atom. The number of hydrogen-bond donors (Lipinski definition) is 1. The van der Waals surface area contributed by atoms with Crippen molar-refractivity contribution in [1.82, 2.24) is 0 Å². The molecule has 1 rings (SSSR count). The van der Waals surface area contributed by atoms with E-state index in [1.807, 2.05) is 0 Å². The fraction of sp³-hybridized carbons (Fsp3) is 0.889. The number of unbranched alkanes of at least 4 members (excludes halogenated alkanes) is 1. The highest BCUT2D eigenvalue weighted by Gasteiger charge is 2.26. The van der Waals surface area contributed by atoms with Crippen molar-refractivity contribution in [2.24, 2.45) is 5.92 Å². The Kier molecular flexibility index (Phi) is 3.86. The third kappa shape index (κ3) is 3.44. The van der Waals surface area contributed by atoms with Crippen LogP contribution in [0.3, 0.4) is 0 Å². The quantitative estimate of drug-likeness (QED) is 0.535. The van der Waals surface area contributed by atoms with Crippen LogP contribution >= 0.6 is 11.6 Å². The predicted molar refractivity (Wildman–Crippen MR) is 48.5 cm³/mol. The highest BCUT2D eigenvalue weighted by atomic mass is 35.5. The topological polar surface area (TPSA) is 37.3 Å². The van der Waals surface area contributed by atoms with Crippen LogP contribution < -0.4 is 0 Å². The van der Waals surface area contributed by atoms with Crippen LogP contribution in [0, 0.1) is 5.92 Å². The number of aliphatic carboxylic acids is 1. The molecule has 70 valence electrons. The third-order valence-electron chi connectivity index (χ3n) is 2.43. The Morgan fingerprint density at radius 3 is 2.58 bits per heavy atom. The van der Waals surface area contributed by atoms with E-state index in [4.69, 9.17) is 16.7 Å². The Labute approximate surface area is 77.9 Å². The molecule has 3 heteroatoms. The molecule has 1 aliphatic carbocycles. The van der Waals surface area contributed by atoms with Gasteiger partial charge in [-0.2, -0.15) is 0 Å². The minimum absolute atomic E-state index is 0.316. The van der Waals surface area contributed by atoms with Crippen molar-refractivity contribution in [1.29, 1.82) is 0 Å². The van der Waals surface area contributed by atoms with Crippen molar-refractivity contribution in [2.75, 3.05) is 0 Å². The van der Waals surface area contributed by atoms with Gasteiger partial charge < -0.3 is 5.11 Å². The molecule has 0 saturated heterocycles. The number of hydrogen-bond acceptors (Lipinski definition) is 1. The van der Waals surface area contributed by atoms with E-state index in [0.29, 0.717) is 11.8 Å². The average molecular weight is 191 g/mol. The van der Waals surface area contributed by atoms with Gasteiger partial charge >= 0.3 is 5.97 Å². The summed E-state index contributed by atoms with van der Waals surface area (Å²) in [7, 11) is 0. The monoisotopic (exact) mass is 190 g/mol. The summed E-state index contributed by atoms with van der Waals surface area (Å²) in [5.74, 6) is 0.0973. The average Bonchev–Trinajstić information content (AvgIpc) is 1.93. The highest BCUT2D eigenvalue weighted by molar-refractivity contribution is 6.21. The molecule has 0 aromatic heterocycles. The first-order chi connectivity index (χ1) is 5.68. The van der Waals surface area contributed by atoms with Gasteiger partial charge in [-0.05, 0) is 25.2 Å². The normalized spacial score (nSPS) is 28.1.